The molecule has 26 heavy (non-hydrogen) atoms. The van der Waals surface area contributed by atoms with E-state index in [-0.39, 0.29) is 5.97 Å². The van der Waals surface area contributed by atoms with Crippen molar-refractivity contribution in [2.45, 2.75) is 20.5 Å². The van der Waals surface area contributed by atoms with Crippen LogP contribution in [0.3, 0.4) is 0 Å². The van der Waals surface area contributed by atoms with Crippen LogP contribution in [0.15, 0.2) is 46.9 Å². The van der Waals surface area contributed by atoms with Gasteiger partial charge in [-0.1, -0.05) is 29.8 Å². The Morgan fingerprint density at radius 2 is 1.92 bits per heavy atom. The lowest BCUT2D eigenvalue weighted by atomic mass is 10.2. The number of ether oxygens (including phenoxy) is 3. The molecule has 0 atom stereocenters. The van der Waals surface area contributed by atoms with Crippen LogP contribution in [0, 0.1) is 0 Å². The highest BCUT2D eigenvalue weighted by Crippen LogP contribution is 2.38. The SMILES string of the molecule is CCOC(=O)/C=C/c1cc(Br)c(OCc2ccccc2Cl)c(OCC)c1. The van der Waals surface area contributed by atoms with Crippen molar-refractivity contribution in [2.75, 3.05) is 13.2 Å². The Balaban J connectivity index is 2.23. The second-order valence-corrected chi connectivity index (χ2v) is 6.49. The van der Waals surface area contributed by atoms with Crippen LogP contribution in [0.2, 0.25) is 5.02 Å². The fraction of sp³-hybridized carbons (Fsp3) is 0.250. The highest BCUT2D eigenvalue weighted by molar-refractivity contribution is 9.10. The van der Waals surface area contributed by atoms with Gasteiger partial charge in [-0.3, -0.25) is 0 Å². The molecule has 2 aromatic rings. The van der Waals surface area contributed by atoms with Gasteiger partial charge in [-0.2, -0.15) is 0 Å². The number of benzene rings is 2. The van der Waals surface area contributed by atoms with Gasteiger partial charge < -0.3 is 14.2 Å². The van der Waals surface area contributed by atoms with E-state index < -0.39 is 0 Å². The summed E-state index contributed by atoms with van der Waals surface area (Å²) in [7, 11) is 0. The molecule has 4 nitrogen and oxygen atoms in total. The molecule has 6 heteroatoms. The monoisotopic (exact) mass is 438 g/mol. The molecule has 0 fully saturated rings. The lowest BCUT2D eigenvalue weighted by molar-refractivity contribution is -0.137. The van der Waals surface area contributed by atoms with E-state index in [4.69, 9.17) is 25.8 Å². The molecule has 0 bridgehead atoms. The average molecular weight is 440 g/mol. The highest BCUT2D eigenvalue weighted by atomic mass is 79.9. The van der Waals surface area contributed by atoms with Gasteiger partial charge in [0.2, 0.25) is 0 Å². The standard InChI is InChI=1S/C20H20BrClO4/c1-3-24-18-12-14(9-10-19(23)25-4-2)11-16(21)20(18)26-13-15-7-5-6-8-17(15)22/h5-12H,3-4,13H2,1-2H3/b10-9+. The fourth-order valence-electron chi connectivity index (χ4n) is 2.21. The molecular weight excluding hydrogens is 420 g/mol. The summed E-state index contributed by atoms with van der Waals surface area (Å²) in [5.74, 6) is 0.776. The zero-order valence-corrected chi connectivity index (χ0v) is 17.0. The van der Waals surface area contributed by atoms with Gasteiger partial charge in [0.15, 0.2) is 11.5 Å². The van der Waals surface area contributed by atoms with Crippen molar-refractivity contribution in [3.05, 3.63) is 63.1 Å². The van der Waals surface area contributed by atoms with Crippen molar-refractivity contribution < 1.29 is 19.0 Å². The Bertz CT molecular complexity index is 789. The summed E-state index contributed by atoms with van der Waals surface area (Å²) < 4.78 is 17.2. The first-order valence-corrected chi connectivity index (χ1v) is 9.39. The third-order valence-electron chi connectivity index (χ3n) is 3.36. The minimum Gasteiger partial charge on any atom is -0.490 e. The van der Waals surface area contributed by atoms with Crippen LogP contribution in [-0.4, -0.2) is 19.2 Å². The van der Waals surface area contributed by atoms with E-state index in [1.807, 2.05) is 43.3 Å². The first-order valence-electron chi connectivity index (χ1n) is 8.22. The first kappa shape index (κ1) is 20.3. The van der Waals surface area contributed by atoms with Gasteiger partial charge >= 0.3 is 5.97 Å². The van der Waals surface area contributed by atoms with Gasteiger partial charge in [0.05, 0.1) is 17.7 Å². The summed E-state index contributed by atoms with van der Waals surface area (Å²) in [6.45, 7) is 4.80. The van der Waals surface area contributed by atoms with Crippen LogP contribution in [0.5, 0.6) is 11.5 Å². The number of halogens is 2. The Morgan fingerprint density at radius 3 is 2.62 bits per heavy atom. The molecule has 0 aliphatic carbocycles. The molecule has 0 aliphatic rings. The molecule has 0 spiro atoms. The molecule has 0 heterocycles. The molecule has 0 radical (unpaired) electrons. The molecular formula is C20H20BrClO4. The second-order valence-electron chi connectivity index (χ2n) is 5.23. The average Bonchev–Trinajstić information content (AvgIpc) is 2.61. The zero-order chi connectivity index (χ0) is 18.9. The molecule has 138 valence electrons. The molecule has 0 saturated carbocycles. The van der Waals surface area contributed by atoms with Crippen LogP contribution in [0.1, 0.15) is 25.0 Å². The van der Waals surface area contributed by atoms with Gasteiger partial charge in [-0.05, 0) is 59.6 Å². The summed E-state index contributed by atoms with van der Waals surface area (Å²) in [4.78, 5) is 11.5. The maximum absolute atomic E-state index is 11.5. The number of carbonyl (C=O) groups excluding carboxylic acids is 1. The van der Waals surface area contributed by atoms with Crippen molar-refractivity contribution in [1.29, 1.82) is 0 Å². The molecule has 0 aromatic heterocycles. The number of hydrogen-bond acceptors (Lipinski definition) is 4. The molecule has 0 unspecified atom stereocenters. The van der Waals surface area contributed by atoms with E-state index in [1.165, 1.54) is 6.08 Å². The first-order chi connectivity index (χ1) is 12.5. The normalized spacial score (nSPS) is 10.8. The minimum absolute atomic E-state index is 0.316. The van der Waals surface area contributed by atoms with Crippen LogP contribution in [-0.2, 0) is 16.1 Å². The molecule has 2 aromatic carbocycles. The van der Waals surface area contributed by atoms with E-state index in [1.54, 1.807) is 13.0 Å². The second kappa shape index (κ2) is 10.2. The summed E-state index contributed by atoms with van der Waals surface area (Å²) in [5.41, 5.74) is 1.67. The van der Waals surface area contributed by atoms with Crippen LogP contribution < -0.4 is 9.47 Å². The summed E-state index contributed by atoms with van der Waals surface area (Å²) in [5, 5.41) is 0.649. The third-order valence-corrected chi connectivity index (χ3v) is 4.32. The Labute approximate surface area is 166 Å². The largest absolute Gasteiger partial charge is 0.490 e. The van der Waals surface area contributed by atoms with E-state index in [9.17, 15) is 4.79 Å². The quantitative estimate of drug-likeness (QED) is 0.393. The van der Waals surface area contributed by atoms with Gasteiger partial charge in [0, 0.05) is 16.7 Å². The lowest BCUT2D eigenvalue weighted by Crippen LogP contribution is -2.02. The number of hydrogen-bond donors (Lipinski definition) is 0. The van der Waals surface area contributed by atoms with E-state index in [0.29, 0.717) is 36.3 Å². The third kappa shape index (κ3) is 5.78. The number of carbonyl (C=O) groups is 1. The minimum atomic E-state index is -0.388. The van der Waals surface area contributed by atoms with Crippen molar-refractivity contribution in [3.8, 4) is 11.5 Å². The van der Waals surface area contributed by atoms with Crippen LogP contribution in [0.25, 0.3) is 6.08 Å². The highest BCUT2D eigenvalue weighted by Gasteiger charge is 2.13. The fourth-order valence-corrected chi connectivity index (χ4v) is 2.97. The summed E-state index contributed by atoms with van der Waals surface area (Å²) >= 11 is 9.69. The summed E-state index contributed by atoms with van der Waals surface area (Å²) in [6, 6.07) is 11.2. The Hall–Kier alpha value is -1.98. The smallest absolute Gasteiger partial charge is 0.330 e. The van der Waals surface area contributed by atoms with Crippen LogP contribution >= 0.6 is 27.5 Å². The maximum Gasteiger partial charge on any atom is 0.330 e. The molecule has 0 amide bonds. The maximum atomic E-state index is 11.5. The summed E-state index contributed by atoms with van der Waals surface area (Å²) in [6.07, 6.45) is 3.05. The molecule has 0 aliphatic heterocycles. The van der Waals surface area contributed by atoms with E-state index in [0.717, 1.165) is 15.6 Å². The molecule has 0 N–H and O–H groups in total. The van der Waals surface area contributed by atoms with Crippen molar-refractivity contribution in [1.82, 2.24) is 0 Å². The lowest BCUT2D eigenvalue weighted by Gasteiger charge is -2.15. The van der Waals surface area contributed by atoms with Crippen LogP contribution in [0.4, 0.5) is 0 Å². The zero-order valence-electron chi connectivity index (χ0n) is 14.6. The topological polar surface area (TPSA) is 44.8 Å². The Morgan fingerprint density at radius 1 is 1.15 bits per heavy atom. The van der Waals surface area contributed by atoms with Gasteiger partial charge in [0.25, 0.3) is 0 Å². The van der Waals surface area contributed by atoms with E-state index in [2.05, 4.69) is 15.9 Å². The van der Waals surface area contributed by atoms with Gasteiger partial charge in [-0.15, -0.1) is 0 Å². The van der Waals surface area contributed by atoms with Crippen molar-refractivity contribution in [3.63, 3.8) is 0 Å². The van der Waals surface area contributed by atoms with Crippen molar-refractivity contribution in [2.24, 2.45) is 0 Å². The predicted octanol–water partition coefficient (Wildman–Crippen LogP) is 5.66. The van der Waals surface area contributed by atoms with E-state index >= 15 is 0 Å². The van der Waals surface area contributed by atoms with Crippen molar-refractivity contribution >= 4 is 39.6 Å². The predicted molar refractivity (Wildman–Crippen MR) is 107 cm³/mol. The number of rotatable bonds is 8. The Kier molecular flexibility index (Phi) is 8.01. The number of esters is 1. The molecule has 2 rings (SSSR count). The van der Waals surface area contributed by atoms with Gasteiger partial charge in [-0.25, -0.2) is 4.79 Å². The molecule has 0 saturated heterocycles. The van der Waals surface area contributed by atoms with Gasteiger partial charge in [0.1, 0.15) is 6.61 Å².